The van der Waals surface area contributed by atoms with Crippen LogP contribution in [0.3, 0.4) is 0 Å². The van der Waals surface area contributed by atoms with Gasteiger partial charge in [-0.3, -0.25) is 9.36 Å². The summed E-state index contributed by atoms with van der Waals surface area (Å²) >= 11 is 0. The van der Waals surface area contributed by atoms with Crippen LogP contribution < -0.4 is 10.6 Å². The van der Waals surface area contributed by atoms with Crippen LogP contribution in [-0.2, 0) is 11.2 Å². The molecule has 2 N–H and O–H groups in total. The van der Waals surface area contributed by atoms with Gasteiger partial charge in [0, 0.05) is 31.1 Å². The fourth-order valence-electron chi connectivity index (χ4n) is 2.79. The van der Waals surface area contributed by atoms with Crippen LogP contribution in [0.2, 0.25) is 0 Å². The van der Waals surface area contributed by atoms with E-state index >= 15 is 0 Å². The first-order chi connectivity index (χ1) is 12.2. The summed E-state index contributed by atoms with van der Waals surface area (Å²) in [6.07, 6.45) is 1.02. The minimum atomic E-state index is 0.0498. The first kappa shape index (κ1) is 17.2. The molecule has 0 spiro atoms. The van der Waals surface area contributed by atoms with Crippen LogP contribution in [-0.4, -0.2) is 35.1 Å². The SMILES string of the molecule is CNC(C)CNC(=O)CCc1nc2ccccc2n1-c1ccccc1. The number of hydrogen-bond acceptors (Lipinski definition) is 3. The molecular formula is C20H24N4O. The molecular weight excluding hydrogens is 312 g/mol. The first-order valence-electron chi connectivity index (χ1n) is 8.65. The highest BCUT2D eigenvalue weighted by atomic mass is 16.1. The lowest BCUT2D eigenvalue weighted by Gasteiger charge is -2.12. The predicted octanol–water partition coefficient (Wildman–Crippen LogP) is 2.68. The number of likely N-dealkylation sites (N-methyl/N-ethyl adjacent to an activating group) is 1. The van der Waals surface area contributed by atoms with Gasteiger partial charge in [0.2, 0.25) is 5.91 Å². The average Bonchev–Trinajstić information content (AvgIpc) is 3.03. The van der Waals surface area contributed by atoms with Gasteiger partial charge in [-0.25, -0.2) is 4.98 Å². The van der Waals surface area contributed by atoms with Gasteiger partial charge < -0.3 is 10.6 Å². The van der Waals surface area contributed by atoms with Gasteiger partial charge in [0.15, 0.2) is 0 Å². The van der Waals surface area contributed by atoms with E-state index in [9.17, 15) is 4.79 Å². The van der Waals surface area contributed by atoms with Gasteiger partial charge in [0.1, 0.15) is 5.82 Å². The molecule has 25 heavy (non-hydrogen) atoms. The fourth-order valence-corrected chi connectivity index (χ4v) is 2.79. The topological polar surface area (TPSA) is 58.9 Å². The Labute approximate surface area is 148 Å². The first-order valence-corrected chi connectivity index (χ1v) is 8.65. The maximum absolute atomic E-state index is 12.1. The molecule has 0 saturated carbocycles. The number of nitrogens with zero attached hydrogens (tertiary/aromatic N) is 2. The van der Waals surface area contributed by atoms with Crippen LogP contribution >= 0.6 is 0 Å². The number of rotatable bonds is 7. The molecule has 1 amide bonds. The lowest BCUT2D eigenvalue weighted by atomic mass is 10.2. The number of benzene rings is 2. The standard InChI is InChI=1S/C20H24N4O/c1-15(21-2)14-22-20(25)13-12-19-23-17-10-6-7-11-18(17)24(19)16-8-4-3-5-9-16/h3-11,15,21H,12-14H2,1-2H3,(H,22,25). The highest BCUT2D eigenvalue weighted by Crippen LogP contribution is 2.22. The Bertz CT molecular complexity index is 841. The zero-order valence-corrected chi connectivity index (χ0v) is 14.7. The van der Waals surface area contributed by atoms with E-state index in [-0.39, 0.29) is 11.9 Å². The molecule has 3 aromatic rings. The average molecular weight is 336 g/mol. The molecule has 1 unspecified atom stereocenters. The molecule has 5 heteroatoms. The summed E-state index contributed by atoms with van der Waals surface area (Å²) in [5.41, 5.74) is 3.08. The summed E-state index contributed by atoms with van der Waals surface area (Å²) in [5.74, 6) is 0.956. The third kappa shape index (κ3) is 4.06. The van der Waals surface area contributed by atoms with Gasteiger partial charge in [-0.1, -0.05) is 30.3 Å². The van der Waals surface area contributed by atoms with Gasteiger partial charge in [0.05, 0.1) is 11.0 Å². The molecule has 1 heterocycles. The van der Waals surface area contributed by atoms with Gasteiger partial charge in [-0.05, 0) is 38.2 Å². The van der Waals surface area contributed by atoms with Crippen molar-refractivity contribution in [2.75, 3.05) is 13.6 Å². The Balaban J connectivity index is 1.81. The molecule has 130 valence electrons. The quantitative estimate of drug-likeness (QED) is 0.697. The van der Waals surface area contributed by atoms with Gasteiger partial charge >= 0.3 is 0 Å². The van der Waals surface area contributed by atoms with E-state index in [0.29, 0.717) is 19.4 Å². The minimum absolute atomic E-state index is 0.0498. The van der Waals surface area contributed by atoms with Gasteiger partial charge in [-0.2, -0.15) is 0 Å². The molecule has 1 aromatic heterocycles. The number of carbonyl (C=O) groups excluding carboxylic acids is 1. The lowest BCUT2D eigenvalue weighted by molar-refractivity contribution is -0.121. The molecule has 0 bridgehead atoms. The molecule has 0 radical (unpaired) electrons. The Morgan fingerprint density at radius 3 is 2.60 bits per heavy atom. The summed E-state index contributed by atoms with van der Waals surface area (Å²) in [5, 5.41) is 6.07. The van der Waals surface area contributed by atoms with Crippen LogP contribution in [0.4, 0.5) is 0 Å². The summed E-state index contributed by atoms with van der Waals surface area (Å²) in [6, 6.07) is 18.5. The molecule has 0 fully saturated rings. The largest absolute Gasteiger partial charge is 0.355 e. The number of aromatic nitrogens is 2. The van der Waals surface area contributed by atoms with Crippen molar-refractivity contribution >= 4 is 16.9 Å². The van der Waals surface area contributed by atoms with Crippen LogP contribution in [0.15, 0.2) is 54.6 Å². The molecule has 0 aliphatic carbocycles. The van der Waals surface area contributed by atoms with E-state index in [1.54, 1.807) is 0 Å². The second kappa shape index (κ2) is 7.94. The number of fused-ring (bicyclic) bond motifs is 1. The normalized spacial score (nSPS) is 12.2. The summed E-state index contributed by atoms with van der Waals surface area (Å²) in [6.45, 7) is 2.67. The Morgan fingerprint density at radius 2 is 1.84 bits per heavy atom. The number of hydrogen-bond donors (Lipinski definition) is 2. The van der Waals surface area contributed by atoms with E-state index in [1.807, 2.05) is 50.4 Å². The van der Waals surface area contributed by atoms with Gasteiger partial charge in [0.25, 0.3) is 0 Å². The van der Waals surface area contributed by atoms with Crippen molar-refractivity contribution in [1.82, 2.24) is 20.2 Å². The summed E-state index contributed by atoms with van der Waals surface area (Å²) < 4.78 is 2.14. The maximum atomic E-state index is 12.1. The van der Waals surface area contributed by atoms with Crippen LogP contribution in [0, 0.1) is 0 Å². The lowest BCUT2D eigenvalue weighted by Crippen LogP contribution is -2.37. The minimum Gasteiger partial charge on any atom is -0.355 e. The van der Waals surface area contributed by atoms with Gasteiger partial charge in [-0.15, -0.1) is 0 Å². The van der Waals surface area contributed by atoms with Crippen molar-refractivity contribution in [1.29, 1.82) is 0 Å². The molecule has 0 aliphatic heterocycles. The second-order valence-electron chi connectivity index (χ2n) is 6.18. The van der Waals surface area contributed by atoms with E-state index in [2.05, 4.69) is 33.4 Å². The van der Waals surface area contributed by atoms with E-state index < -0.39 is 0 Å². The Kier molecular flexibility index (Phi) is 5.46. The van der Waals surface area contributed by atoms with Crippen LogP contribution in [0.1, 0.15) is 19.2 Å². The van der Waals surface area contributed by atoms with Crippen molar-refractivity contribution in [2.45, 2.75) is 25.8 Å². The number of carbonyl (C=O) groups is 1. The number of para-hydroxylation sites is 3. The smallest absolute Gasteiger partial charge is 0.220 e. The number of amides is 1. The molecule has 2 aromatic carbocycles. The molecule has 3 rings (SSSR count). The molecule has 5 nitrogen and oxygen atoms in total. The van der Waals surface area contributed by atoms with Crippen molar-refractivity contribution < 1.29 is 4.79 Å². The number of aryl methyl sites for hydroxylation is 1. The van der Waals surface area contributed by atoms with E-state index in [0.717, 1.165) is 22.5 Å². The monoisotopic (exact) mass is 336 g/mol. The van der Waals surface area contributed by atoms with Crippen molar-refractivity contribution in [3.05, 3.63) is 60.4 Å². The highest BCUT2D eigenvalue weighted by Gasteiger charge is 2.13. The Hall–Kier alpha value is -2.66. The highest BCUT2D eigenvalue weighted by molar-refractivity contribution is 5.79. The molecule has 0 saturated heterocycles. The summed E-state index contributed by atoms with van der Waals surface area (Å²) in [4.78, 5) is 16.9. The fraction of sp³-hybridized carbons (Fsp3) is 0.300. The third-order valence-corrected chi connectivity index (χ3v) is 4.32. The zero-order chi connectivity index (χ0) is 17.6. The summed E-state index contributed by atoms with van der Waals surface area (Å²) in [7, 11) is 1.89. The Morgan fingerprint density at radius 1 is 1.12 bits per heavy atom. The van der Waals surface area contributed by atoms with Crippen molar-refractivity contribution in [3.63, 3.8) is 0 Å². The number of imidazole rings is 1. The molecule has 1 atom stereocenters. The van der Waals surface area contributed by atoms with Crippen LogP contribution in [0.5, 0.6) is 0 Å². The predicted molar refractivity (Wildman–Crippen MR) is 101 cm³/mol. The van der Waals surface area contributed by atoms with Crippen LogP contribution in [0.25, 0.3) is 16.7 Å². The number of nitrogens with one attached hydrogen (secondary N) is 2. The molecule has 0 aliphatic rings. The van der Waals surface area contributed by atoms with Crippen molar-refractivity contribution in [2.24, 2.45) is 0 Å². The van der Waals surface area contributed by atoms with E-state index in [1.165, 1.54) is 0 Å². The maximum Gasteiger partial charge on any atom is 0.220 e. The van der Waals surface area contributed by atoms with E-state index in [4.69, 9.17) is 4.98 Å². The zero-order valence-electron chi connectivity index (χ0n) is 14.7. The van der Waals surface area contributed by atoms with Crippen molar-refractivity contribution in [3.8, 4) is 5.69 Å². The third-order valence-electron chi connectivity index (χ3n) is 4.32. The second-order valence-corrected chi connectivity index (χ2v) is 6.18.